The van der Waals surface area contributed by atoms with Crippen LogP contribution >= 0.6 is 0 Å². The molecule has 0 aromatic heterocycles. The van der Waals surface area contributed by atoms with Gasteiger partial charge in [0.15, 0.2) is 0 Å². The van der Waals surface area contributed by atoms with Crippen molar-refractivity contribution in [2.24, 2.45) is 0 Å². The van der Waals surface area contributed by atoms with E-state index in [0.29, 0.717) is 5.69 Å². The number of ether oxygens (including phenoxy) is 1. The first-order chi connectivity index (χ1) is 12.8. The molecule has 0 aliphatic carbocycles. The third-order valence-electron chi connectivity index (χ3n) is 4.24. The number of hydrogen-bond acceptors (Lipinski definition) is 4. The lowest BCUT2D eigenvalue weighted by molar-refractivity contribution is -0.120. The Hall–Kier alpha value is -2.54. The zero-order chi connectivity index (χ0) is 20.0. The number of anilines is 1. The second-order valence-corrected chi connectivity index (χ2v) is 8.21. The van der Waals surface area contributed by atoms with Gasteiger partial charge in [-0.05, 0) is 50.1 Å². The van der Waals surface area contributed by atoms with Gasteiger partial charge in [-0.25, -0.2) is 8.42 Å². The maximum atomic E-state index is 13.4. The van der Waals surface area contributed by atoms with Gasteiger partial charge in [0.25, 0.3) is 10.0 Å². The lowest BCUT2D eigenvalue weighted by atomic mass is 10.2. The van der Waals surface area contributed by atoms with Gasteiger partial charge in [0.1, 0.15) is 17.2 Å². The standard InChI is InChI=1S/C20H26N2O4S/c1-5-16(3)21-20(23)14-22(17-9-7-6-8-10-17)27(24,25)19-13-15(2)11-12-18(19)26-4/h6-13,16H,5,14H2,1-4H3,(H,21,23)/t16-/m0/s1. The Morgan fingerprint density at radius 1 is 1.19 bits per heavy atom. The Morgan fingerprint density at radius 2 is 1.85 bits per heavy atom. The predicted octanol–water partition coefficient (Wildman–Crippen LogP) is 3.11. The highest BCUT2D eigenvalue weighted by Crippen LogP contribution is 2.30. The quantitative estimate of drug-likeness (QED) is 0.751. The molecule has 27 heavy (non-hydrogen) atoms. The molecule has 6 nitrogen and oxygen atoms in total. The average Bonchev–Trinajstić information content (AvgIpc) is 2.66. The third-order valence-corrected chi connectivity index (χ3v) is 6.03. The van der Waals surface area contributed by atoms with Gasteiger partial charge >= 0.3 is 0 Å². The number of amides is 1. The van der Waals surface area contributed by atoms with Gasteiger partial charge in [-0.2, -0.15) is 0 Å². The van der Waals surface area contributed by atoms with Crippen molar-refractivity contribution in [3.8, 4) is 5.75 Å². The zero-order valence-corrected chi connectivity index (χ0v) is 16.9. The number of benzene rings is 2. The molecule has 0 unspecified atom stereocenters. The van der Waals surface area contributed by atoms with Crippen LogP contribution in [-0.2, 0) is 14.8 Å². The molecular formula is C20H26N2O4S. The Labute approximate surface area is 161 Å². The lowest BCUT2D eigenvalue weighted by Gasteiger charge is -2.25. The summed E-state index contributed by atoms with van der Waals surface area (Å²) in [4.78, 5) is 12.5. The number of para-hydroxylation sites is 1. The molecule has 0 radical (unpaired) electrons. The summed E-state index contributed by atoms with van der Waals surface area (Å²) in [6.07, 6.45) is 0.759. The topological polar surface area (TPSA) is 75.7 Å². The molecule has 0 saturated carbocycles. The van der Waals surface area contributed by atoms with Gasteiger partial charge in [-0.1, -0.05) is 31.2 Å². The third kappa shape index (κ3) is 5.01. The lowest BCUT2D eigenvalue weighted by Crippen LogP contribution is -2.43. The van der Waals surface area contributed by atoms with E-state index in [1.54, 1.807) is 55.5 Å². The highest BCUT2D eigenvalue weighted by Gasteiger charge is 2.30. The second kappa shape index (κ2) is 8.90. The maximum Gasteiger partial charge on any atom is 0.268 e. The normalized spacial score (nSPS) is 12.3. The molecule has 0 aliphatic heterocycles. The molecule has 146 valence electrons. The summed E-state index contributed by atoms with van der Waals surface area (Å²) in [6, 6.07) is 13.5. The summed E-state index contributed by atoms with van der Waals surface area (Å²) >= 11 is 0. The van der Waals surface area contributed by atoms with E-state index < -0.39 is 10.0 Å². The van der Waals surface area contributed by atoms with Crippen molar-refractivity contribution in [2.45, 2.75) is 38.1 Å². The zero-order valence-electron chi connectivity index (χ0n) is 16.1. The van der Waals surface area contributed by atoms with Crippen LogP contribution in [0.3, 0.4) is 0 Å². The number of aryl methyl sites for hydroxylation is 1. The molecule has 1 N–H and O–H groups in total. The predicted molar refractivity (Wildman–Crippen MR) is 107 cm³/mol. The average molecular weight is 391 g/mol. The largest absolute Gasteiger partial charge is 0.495 e. The first-order valence-corrected chi connectivity index (χ1v) is 10.3. The van der Waals surface area contributed by atoms with E-state index in [9.17, 15) is 13.2 Å². The fraction of sp³-hybridized carbons (Fsp3) is 0.350. The molecule has 0 saturated heterocycles. The van der Waals surface area contributed by atoms with Crippen LogP contribution in [0.2, 0.25) is 0 Å². The minimum atomic E-state index is -4.01. The van der Waals surface area contributed by atoms with E-state index in [-0.39, 0.29) is 29.1 Å². The van der Waals surface area contributed by atoms with Crippen molar-refractivity contribution in [1.29, 1.82) is 0 Å². The molecule has 2 rings (SSSR count). The summed E-state index contributed by atoms with van der Waals surface area (Å²) < 4.78 is 33.2. The minimum Gasteiger partial charge on any atom is -0.495 e. The number of nitrogens with zero attached hydrogens (tertiary/aromatic N) is 1. The van der Waals surface area contributed by atoms with Gasteiger partial charge in [-0.15, -0.1) is 0 Å². The van der Waals surface area contributed by atoms with E-state index in [0.717, 1.165) is 16.3 Å². The summed E-state index contributed by atoms with van der Waals surface area (Å²) in [5, 5.41) is 2.82. The number of hydrogen-bond donors (Lipinski definition) is 1. The van der Waals surface area contributed by atoms with Crippen LogP contribution in [0, 0.1) is 6.92 Å². The van der Waals surface area contributed by atoms with Gasteiger partial charge < -0.3 is 10.1 Å². The van der Waals surface area contributed by atoms with Crippen molar-refractivity contribution < 1.29 is 17.9 Å². The van der Waals surface area contributed by atoms with Crippen LogP contribution in [0.1, 0.15) is 25.8 Å². The molecule has 7 heteroatoms. The van der Waals surface area contributed by atoms with Crippen LogP contribution in [0.5, 0.6) is 5.75 Å². The fourth-order valence-corrected chi connectivity index (χ4v) is 4.23. The Balaban J connectivity index is 2.50. The first-order valence-electron chi connectivity index (χ1n) is 8.81. The van der Waals surface area contributed by atoms with E-state index in [1.165, 1.54) is 7.11 Å². The van der Waals surface area contributed by atoms with Crippen LogP contribution in [0.4, 0.5) is 5.69 Å². The number of nitrogens with one attached hydrogen (secondary N) is 1. The molecule has 0 spiro atoms. The van der Waals surface area contributed by atoms with Crippen molar-refractivity contribution in [3.63, 3.8) is 0 Å². The van der Waals surface area contributed by atoms with Crippen LogP contribution < -0.4 is 14.4 Å². The van der Waals surface area contributed by atoms with Crippen LogP contribution in [0.25, 0.3) is 0 Å². The van der Waals surface area contributed by atoms with E-state index in [1.807, 2.05) is 13.8 Å². The van der Waals surface area contributed by atoms with E-state index in [4.69, 9.17) is 4.74 Å². The minimum absolute atomic E-state index is 0.0326. The molecule has 2 aromatic carbocycles. The number of carbonyl (C=O) groups is 1. The molecule has 0 bridgehead atoms. The monoisotopic (exact) mass is 390 g/mol. The van der Waals surface area contributed by atoms with Gasteiger partial charge in [0.2, 0.25) is 5.91 Å². The van der Waals surface area contributed by atoms with Gasteiger partial charge in [0.05, 0.1) is 12.8 Å². The molecule has 0 aliphatic rings. The number of methoxy groups -OCH3 is 1. The molecule has 2 aromatic rings. The van der Waals surface area contributed by atoms with E-state index >= 15 is 0 Å². The van der Waals surface area contributed by atoms with Gasteiger partial charge in [0, 0.05) is 6.04 Å². The molecule has 1 amide bonds. The van der Waals surface area contributed by atoms with Crippen molar-refractivity contribution in [2.75, 3.05) is 18.0 Å². The fourth-order valence-electron chi connectivity index (χ4n) is 2.57. The SMILES string of the molecule is CC[C@H](C)NC(=O)CN(c1ccccc1)S(=O)(=O)c1cc(C)ccc1OC. The van der Waals surface area contributed by atoms with Crippen molar-refractivity contribution in [1.82, 2.24) is 5.32 Å². The molecule has 1 atom stereocenters. The smallest absolute Gasteiger partial charge is 0.268 e. The number of sulfonamides is 1. The Kier molecular flexibility index (Phi) is 6.85. The first kappa shape index (κ1) is 20.8. The van der Waals surface area contributed by atoms with Gasteiger partial charge in [-0.3, -0.25) is 9.10 Å². The van der Waals surface area contributed by atoms with E-state index in [2.05, 4.69) is 5.32 Å². The summed E-state index contributed by atoms with van der Waals surface area (Å²) in [7, 11) is -2.59. The summed E-state index contributed by atoms with van der Waals surface area (Å²) in [5.74, 6) is -0.118. The highest BCUT2D eigenvalue weighted by atomic mass is 32.2. The summed E-state index contributed by atoms with van der Waals surface area (Å²) in [5.41, 5.74) is 1.20. The Bertz CT molecular complexity index is 882. The van der Waals surface area contributed by atoms with Crippen molar-refractivity contribution >= 4 is 21.6 Å². The number of carbonyl (C=O) groups excluding carboxylic acids is 1. The summed E-state index contributed by atoms with van der Waals surface area (Å²) in [6.45, 7) is 5.33. The number of rotatable bonds is 8. The van der Waals surface area contributed by atoms with Crippen LogP contribution in [0.15, 0.2) is 53.4 Å². The van der Waals surface area contributed by atoms with Crippen LogP contribution in [-0.4, -0.2) is 34.0 Å². The second-order valence-electron chi connectivity index (χ2n) is 6.38. The molecule has 0 fully saturated rings. The Morgan fingerprint density at radius 3 is 2.44 bits per heavy atom. The molecule has 0 heterocycles. The van der Waals surface area contributed by atoms with Crippen molar-refractivity contribution in [3.05, 3.63) is 54.1 Å². The highest BCUT2D eigenvalue weighted by molar-refractivity contribution is 7.93. The molecular weight excluding hydrogens is 364 g/mol. The maximum absolute atomic E-state index is 13.4.